The van der Waals surface area contributed by atoms with Gasteiger partial charge in [-0.3, -0.25) is 0 Å². The number of rotatable bonds is 4. The number of carbonyl (C=O) groups is 1. The molecule has 6 nitrogen and oxygen atoms in total. The molecule has 1 aromatic heterocycles. The number of aromatic nitrogens is 2. The highest BCUT2D eigenvalue weighted by Crippen LogP contribution is 2.22. The number of carbonyl (C=O) groups excluding carboxylic acids is 1. The van der Waals surface area contributed by atoms with Gasteiger partial charge >= 0.3 is 6.09 Å². The van der Waals surface area contributed by atoms with E-state index in [-0.39, 0.29) is 12.1 Å². The minimum Gasteiger partial charge on any atom is -0.444 e. The van der Waals surface area contributed by atoms with Crippen LogP contribution in [0, 0.1) is 0 Å². The number of amides is 1. The van der Waals surface area contributed by atoms with Crippen LogP contribution in [0.25, 0.3) is 0 Å². The Kier molecular flexibility index (Phi) is 3.82. The molecule has 0 spiro atoms. The van der Waals surface area contributed by atoms with Gasteiger partial charge < -0.3 is 15.4 Å². The van der Waals surface area contributed by atoms with Gasteiger partial charge in [-0.1, -0.05) is 4.49 Å². The summed E-state index contributed by atoms with van der Waals surface area (Å²) < 4.78 is 8.98. The summed E-state index contributed by atoms with van der Waals surface area (Å²) in [6.45, 7) is 6.24. The predicted molar refractivity (Wildman–Crippen MR) is 68.3 cm³/mol. The van der Waals surface area contributed by atoms with E-state index < -0.39 is 5.60 Å². The summed E-state index contributed by atoms with van der Waals surface area (Å²) >= 11 is 1.34. The number of hydrogen-bond donors (Lipinski definition) is 2. The predicted octanol–water partition coefficient (Wildman–Crippen LogP) is 1.29. The fourth-order valence-electron chi connectivity index (χ4n) is 1.54. The molecule has 2 atom stereocenters. The molecule has 1 heterocycles. The molecular formula is C11H18N4O2S. The van der Waals surface area contributed by atoms with Crippen molar-refractivity contribution in [2.24, 2.45) is 0 Å². The molecule has 1 aliphatic rings. The normalized spacial score (nSPS) is 22.6. The molecule has 1 aliphatic carbocycles. The zero-order valence-electron chi connectivity index (χ0n) is 10.8. The summed E-state index contributed by atoms with van der Waals surface area (Å²) in [4.78, 5) is 11.5. The lowest BCUT2D eigenvalue weighted by atomic mass is 10.2. The first-order valence-electron chi connectivity index (χ1n) is 5.93. The lowest BCUT2D eigenvalue weighted by Gasteiger charge is -2.19. The molecule has 1 fully saturated rings. The molecule has 2 unspecified atom stereocenters. The third kappa shape index (κ3) is 4.23. The Morgan fingerprint density at radius 2 is 2.33 bits per heavy atom. The van der Waals surface area contributed by atoms with Crippen LogP contribution in [0.3, 0.4) is 0 Å². The van der Waals surface area contributed by atoms with E-state index in [1.165, 1.54) is 11.5 Å². The van der Waals surface area contributed by atoms with E-state index in [4.69, 9.17) is 4.74 Å². The highest BCUT2D eigenvalue weighted by molar-refractivity contribution is 7.03. The third-order valence-corrected chi connectivity index (χ3v) is 3.00. The third-order valence-electron chi connectivity index (χ3n) is 2.44. The van der Waals surface area contributed by atoms with Crippen LogP contribution in [0.1, 0.15) is 32.9 Å². The Bertz CT molecular complexity index is 402. The van der Waals surface area contributed by atoms with Gasteiger partial charge in [0.1, 0.15) is 5.60 Å². The molecule has 0 radical (unpaired) electrons. The quantitative estimate of drug-likeness (QED) is 0.862. The van der Waals surface area contributed by atoms with Crippen molar-refractivity contribution < 1.29 is 9.53 Å². The van der Waals surface area contributed by atoms with Gasteiger partial charge in [-0.2, -0.15) is 0 Å². The summed E-state index contributed by atoms with van der Waals surface area (Å²) in [5.41, 5.74) is 0.483. The summed E-state index contributed by atoms with van der Waals surface area (Å²) in [6.07, 6.45) is 0.573. The van der Waals surface area contributed by atoms with Gasteiger partial charge in [0.25, 0.3) is 0 Å². The van der Waals surface area contributed by atoms with Gasteiger partial charge in [-0.25, -0.2) is 4.79 Å². The van der Waals surface area contributed by atoms with Crippen LogP contribution in [0.5, 0.6) is 0 Å². The van der Waals surface area contributed by atoms with Gasteiger partial charge in [0.05, 0.1) is 5.69 Å². The first-order chi connectivity index (χ1) is 8.44. The number of hydrogen-bond acceptors (Lipinski definition) is 6. The topological polar surface area (TPSA) is 76.1 Å². The largest absolute Gasteiger partial charge is 0.444 e. The maximum Gasteiger partial charge on any atom is 0.407 e. The Hall–Kier alpha value is -1.21. The van der Waals surface area contributed by atoms with Crippen molar-refractivity contribution in [3.05, 3.63) is 11.1 Å². The average Bonchev–Trinajstić information content (AvgIpc) is 2.76. The molecule has 2 N–H and O–H groups in total. The summed E-state index contributed by atoms with van der Waals surface area (Å²) in [7, 11) is 0. The van der Waals surface area contributed by atoms with Crippen LogP contribution in [0.4, 0.5) is 4.79 Å². The Labute approximate surface area is 110 Å². The second-order valence-electron chi connectivity index (χ2n) is 5.37. The zero-order chi connectivity index (χ0) is 13.2. The molecule has 0 aliphatic heterocycles. The first kappa shape index (κ1) is 13.2. The highest BCUT2D eigenvalue weighted by Gasteiger charge is 2.38. The van der Waals surface area contributed by atoms with Gasteiger partial charge in [0.15, 0.2) is 0 Å². The molecule has 1 aromatic rings. The van der Waals surface area contributed by atoms with E-state index >= 15 is 0 Å². The highest BCUT2D eigenvalue weighted by atomic mass is 32.1. The maximum absolute atomic E-state index is 11.5. The molecule has 7 heteroatoms. The zero-order valence-corrected chi connectivity index (χ0v) is 11.6. The minimum absolute atomic E-state index is 0.159. The first-order valence-corrected chi connectivity index (χ1v) is 6.76. The maximum atomic E-state index is 11.5. The fraction of sp³-hybridized carbons (Fsp3) is 0.727. The fourth-order valence-corrected chi connectivity index (χ4v) is 1.99. The Balaban J connectivity index is 1.64. The molecule has 0 saturated heterocycles. The van der Waals surface area contributed by atoms with E-state index in [1.807, 2.05) is 26.2 Å². The van der Waals surface area contributed by atoms with Gasteiger partial charge in [-0.15, -0.1) is 5.10 Å². The van der Waals surface area contributed by atoms with E-state index in [9.17, 15) is 4.79 Å². The summed E-state index contributed by atoms with van der Waals surface area (Å²) in [5.74, 6) is 0. The molecular weight excluding hydrogens is 252 g/mol. The van der Waals surface area contributed by atoms with Crippen molar-refractivity contribution in [3.8, 4) is 0 Å². The lowest BCUT2D eigenvalue weighted by molar-refractivity contribution is 0.0522. The molecule has 1 saturated carbocycles. The Morgan fingerprint density at radius 1 is 1.56 bits per heavy atom. The van der Waals surface area contributed by atoms with Crippen LogP contribution in [0.2, 0.25) is 0 Å². The van der Waals surface area contributed by atoms with E-state index in [1.54, 1.807) is 0 Å². The Morgan fingerprint density at radius 3 is 2.94 bits per heavy atom. The molecule has 0 aromatic carbocycles. The minimum atomic E-state index is -0.450. The van der Waals surface area contributed by atoms with Gasteiger partial charge in [0, 0.05) is 24.0 Å². The van der Waals surface area contributed by atoms with Gasteiger partial charge in [-0.05, 0) is 38.7 Å². The van der Waals surface area contributed by atoms with Gasteiger partial charge in [0.2, 0.25) is 0 Å². The van der Waals surface area contributed by atoms with Crippen LogP contribution < -0.4 is 10.6 Å². The van der Waals surface area contributed by atoms with E-state index in [0.717, 1.165) is 12.1 Å². The molecule has 1 amide bonds. The molecule has 0 bridgehead atoms. The number of nitrogens with one attached hydrogen (secondary N) is 2. The molecule has 18 heavy (non-hydrogen) atoms. The van der Waals surface area contributed by atoms with E-state index in [2.05, 4.69) is 20.2 Å². The van der Waals surface area contributed by atoms with Crippen molar-refractivity contribution in [2.45, 2.75) is 51.4 Å². The number of ether oxygens (including phenoxy) is 1. The summed E-state index contributed by atoms with van der Waals surface area (Å²) in [5, 5.41) is 12.0. The van der Waals surface area contributed by atoms with Crippen LogP contribution in [-0.4, -0.2) is 33.4 Å². The molecule has 100 valence electrons. The standard InChI is InChI=1S/C11H18N4O2S/c1-11(2,3)17-10(16)13-9-4-8(9)12-5-7-6-18-15-14-7/h6,8-9,12H,4-5H2,1-3H3,(H,13,16). The number of alkyl carbamates (subject to hydrolysis) is 1. The van der Waals surface area contributed by atoms with Crippen molar-refractivity contribution in [1.29, 1.82) is 0 Å². The van der Waals surface area contributed by atoms with E-state index in [0.29, 0.717) is 12.6 Å². The second-order valence-corrected chi connectivity index (χ2v) is 5.98. The molecule has 2 rings (SSSR count). The average molecular weight is 270 g/mol. The van der Waals surface area contributed by atoms with Crippen molar-refractivity contribution in [3.63, 3.8) is 0 Å². The monoisotopic (exact) mass is 270 g/mol. The van der Waals surface area contributed by atoms with Crippen LogP contribution in [0.15, 0.2) is 5.38 Å². The SMILES string of the molecule is CC(C)(C)OC(=O)NC1CC1NCc1csnn1. The van der Waals surface area contributed by atoms with Crippen molar-refractivity contribution in [2.75, 3.05) is 0 Å². The summed E-state index contributed by atoms with van der Waals surface area (Å²) in [6, 6.07) is 0.464. The van der Waals surface area contributed by atoms with Crippen LogP contribution >= 0.6 is 11.5 Å². The van der Waals surface area contributed by atoms with Crippen molar-refractivity contribution >= 4 is 17.6 Å². The number of nitrogens with zero attached hydrogens (tertiary/aromatic N) is 2. The van der Waals surface area contributed by atoms with Crippen LogP contribution in [-0.2, 0) is 11.3 Å². The lowest BCUT2D eigenvalue weighted by Crippen LogP contribution is -2.36. The smallest absolute Gasteiger partial charge is 0.407 e. The second kappa shape index (κ2) is 5.19. The van der Waals surface area contributed by atoms with Crippen molar-refractivity contribution in [1.82, 2.24) is 20.2 Å².